The van der Waals surface area contributed by atoms with Gasteiger partial charge in [0.15, 0.2) is 5.82 Å². The number of piperidine rings is 1. The molecule has 3 heterocycles. The van der Waals surface area contributed by atoms with Gasteiger partial charge in [0.1, 0.15) is 0 Å². The fourth-order valence-corrected chi connectivity index (χ4v) is 2.94. The summed E-state index contributed by atoms with van der Waals surface area (Å²) in [5, 5.41) is 8.09. The summed E-state index contributed by atoms with van der Waals surface area (Å²) in [7, 11) is 0. The van der Waals surface area contributed by atoms with Crippen LogP contribution in [-0.4, -0.2) is 39.2 Å². The smallest absolute Gasteiger partial charge is 0.292 e. The Hall–Kier alpha value is -2.18. The molecule has 0 aliphatic carbocycles. The maximum absolute atomic E-state index is 12.7. The lowest BCUT2D eigenvalue weighted by molar-refractivity contribution is 0.0661. The van der Waals surface area contributed by atoms with Gasteiger partial charge in [-0.1, -0.05) is 31.1 Å². The van der Waals surface area contributed by atoms with E-state index in [1.807, 2.05) is 6.92 Å². The number of carbonyl (C=O) groups excluding carboxylic acids is 1. The predicted molar refractivity (Wildman–Crippen MR) is 86.8 cm³/mol. The van der Waals surface area contributed by atoms with Crippen LogP contribution in [0.4, 0.5) is 0 Å². The molecule has 1 fully saturated rings. The van der Waals surface area contributed by atoms with Crippen molar-refractivity contribution in [1.82, 2.24) is 20.2 Å². The van der Waals surface area contributed by atoms with Gasteiger partial charge in [-0.25, -0.2) is 0 Å². The molecule has 3 rings (SSSR count). The highest BCUT2D eigenvalue weighted by Gasteiger charge is 2.30. The van der Waals surface area contributed by atoms with E-state index in [-0.39, 0.29) is 17.7 Å². The molecule has 0 spiro atoms. The Morgan fingerprint density at radius 1 is 1.38 bits per heavy atom. The average Bonchev–Trinajstić information content (AvgIpc) is 3.30. The molecule has 1 amide bonds. The minimum Gasteiger partial charge on any atom is -0.351 e. The SMILES string of the molecule is CCc1nc([C@H]2CCCN(C(=O)c3cc([C@@H](C)CC)no3)C2)no1. The Kier molecular flexibility index (Phi) is 4.97. The molecule has 2 aromatic heterocycles. The van der Waals surface area contributed by atoms with Crippen LogP contribution >= 0.6 is 0 Å². The summed E-state index contributed by atoms with van der Waals surface area (Å²) in [4.78, 5) is 18.9. The Morgan fingerprint density at radius 2 is 2.21 bits per heavy atom. The molecule has 0 N–H and O–H groups in total. The van der Waals surface area contributed by atoms with Gasteiger partial charge >= 0.3 is 0 Å². The highest BCUT2D eigenvalue weighted by molar-refractivity contribution is 5.91. The van der Waals surface area contributed by atoms with Crippen LogP contribution in [0.5, 0.6) is 0 Å². The first-order valence-electron chi connectivity index (χ1n) is 8.70. The van der Waals surface area contributed by atoms with E-state index in [4.69, 9.17) is 9.05 Å². The van der Waals surface area contributed by atoms with E-state index >= 15 is 0 Å². The van der Waals surface area contributed by atoms with Gasteiger partial charge in [-0.15, -0.1) is 0 Å². The second-order valence-corrected chi connectivity index (χ2v) is 6.42. The number of likely N-dealkylation sites (tertiary alicyclic amines) is 1. The number of hydrogen-bond donors (Lipinski definition) is 0. The summed E-state index contributed by atoms with van der Waals surface area (Å²) < 4.78 is 10.5. The van der Waals surface area contributed by atoms with Gasteiger partial charge < -0.3 is 13.9 Å². The first-order chi connectivity index (χ1) is 11.6. The first-order valence-corrected chi connectivity index (χ1v) is 8.70. The molecular formula is C17H24N4O3. The minimum atomic E-state index is -0.110. The zero-order valence-corrected chi connectivity index (χ0v) is 14.5. The second kappa shape index (κ2) is 7.15. The normalized spacial score (nSPS) is 19.5. The third-order valence-corrected chi connectivity index (χ3v) is 4.72. The van der Waals surface area contributed by atoms with E-state index in [9.17, 15) is 4.79 Å². The van der Waals surface area contributed by atoms with Crippen molar-refractivity contribution in [3.63, 3.8) is 0 Å². The molecule has 1 saturated heterocycles. The van der Waals surface area contributed by atoms with Crippen LogP contribution < -0.4 is 0 Å². The second-order valence-electron chi connectivity index (χ2n) is 6.42. The molecule has 130 valence electrons. The van der Waals surface area contributed by atoms with Crippen LogP contribution in [0, 0.1) is 0 Å². The van der Waals surface area contributed by atoms with E-state index in [1.165, 1.54) is 0 Å². The summed E-state index contributed by atoms with van der Waals surface area (Å²) in [5.41, 5.74) is 0.833. The van der Waals surface area contributed by atoms with Gasteiger partial charge in [0.25, 0.3) is 5.91 Å². The number of carbonyl (C=O) groups is 1. The number of hydrogen-bond acceptors (Lipinski definition) is 6. The third kappa shape index (κ3) is 3.34. The van der Waals surface area contributed by atoms with E-state index in [2.05, 4.69) is 29.1 Å². The number of rotatable bonds is 5. The van der Waals surface area contributed by atoms with Crippen molar-refractivity contribution < 1.29 is 13.8 Å². The standard InChI is InChI=1S/C17H24N4O3/c1-4-11(3)13-9-14(23-19-13)17(22)21-8-6-7-12(10-21)16-18-15(5-2)24-20-16/h9,11-12H,4-8,10H2,1-3H3/t11-,12-/m0/s1. The van der Waals surface area contributed by atoms with Gasteiger partial charge in [-0.05, 0) is 19.3 Å². The van der Waals surface area contributed by atoms with Crippen LogP contribution in [-0.2, 0) is 6.42 Å². The molecule has 7 nitrogen and oxygen atoms in total. The Morgan fingerprint density at radius 3 is 2.92 bits per heavy atom. The zero-order valence-electron chi connectivity index (χ0n) is 14.5. The van der Waals surface area contributed by atoms with Gasteiger partial charge in [0, 0.05) is 37.4 Å². The van der Waals surface area contributed by atoms with Crippen molar-refractivity contribution in [2.24, 2.45) is 0 Å². The molecule has 7 heteroatoms. The number of amides is 1. The molecule has 2 aromatic rings. The minimum absolute atomic E-state index is 0.110. The molecule has 1 aliphatic heterocycles. The maximum atomic E-state index is 12.7. The lowest BCUT2D eigenvalue weighted by Crippen LogP contribution is -2.39. The highest BCUT2D eigenvalue weighted by atomic mass is 16.5. The summed E-state index contributed by atoms with van der Waals surface area (Å²) in [6.07, 6.45) is 3.56. The molecule has 0 saturated carbocycles. The van der Waals surface area contributed by atoms with Gasteiger partial charge in [-0.2, -0.15) is 4.98 Å². The lowest BCUT2D eigenvalue weighted by atomic mass is 9.97. The maximum Gasteiger partial charge on any atom is 0.292 e. The van der Waals surface area contributed by atoms with Crippen LogP contribution in [0.15, 0.2) is 15.1 Å². The monoisotopic (exact) mass is 332 g/mol. The quantitative estimate of drug-likeness (QED) is 0.836. The van der Waals surface area contributed by atoms with Crippen molar-refractivity contribution in [2.75, 3.05) is 13.1 Å². The summed E-state index contributed by atoms with van der Waals surface area (Å²) >= 11 is 0. The molecule has 0 radical (unpaired) electrons. The van der Waals surface area contributed by atoms with Gasteiger partial charge in [-0.3, -0.25) is 4.79 Å². The van der Waals surface area contributed by atoms with Gasteiger partial charge in [0.2, 0.25) is 11.7 Å². The van der Waals surface area contributed by atoms with Crippen LogP contribution in [0.3, 0.4) is 0 Å². The molecule has 2 atom stereocenters. The topological polar surface area (TPSA) is 85.3 Å². The molecule has 0 bridgehead atoms. The lowest BCUT2D eigenvalue weighted by Gasteiger charge is -2.30. The summed E-state index contributed by atoms with van der Waals surface area (Å²) in [5.74, 6) is 1.94. The van der Waals surface area contributed by atoms with E-state index in [0.29, 0.717) is 30.6 Å². The average molecular weight is 332 g/mol. The van der Waals surface area contributed by atoms with E-state index < -0.39 is 0 Å². The summed E-state index contributed by atoms with van der Waals surface area (Å²) in [6, 6.07) is 1.77. The van der Waals surface area contributed by atoms with Crippen molar-refractivity contribution in [3.8, 4) is 0 Å². The fraction of sp³-hybridized carbons (Fsp3) is 0.647. The highest BCUT2D eigenvalue weighted by Crippen LogP contribution is 2.27. The van der Waals surface area contributed by atoms with Crippen LogP contribution in [0.1, 0.15) is 79.8 Å². The Bertz CT molecular complexity index is 694. The fourth-order valence-electron chi connectivity index (χ4n) is 2.94. The van der Waals surface area contributed by atoms with Crippen LogP contribution in [0.25, 0.3) is 0 Å². The predicted octanol–water partition coefficient (Wildman–Crippen LogP) is 3.15. The first kappa shape index (κ1) is 16.7. The zero-order chi connectivity index (χ0) is 17.1. The molecule has 0 unspecified atom stereocenters. The molecule has 24 heavy (non-hydrogen) atoms. The Balaban J connectivity index is 1.69. The largest absolute Gasteiger partial charge is 0.351 e. The van der Waals surface area contributed by atoms with Crippen LogP contribution in [0.2, 0.25) is 0 Å². The summed E-state index contributed by atoms with van der Waals surface area (Å²) in [6.45, 7) is 7.44. The van der Waals surface area contributed by atoms with Crippen molar-refractivity contribution in [1.29, 1.82) is 0 Å². The van der Waals surface area contributed by atoms with E-state index in [1.54, 1.807) is 11.0 Å². The third-order valence-electron chi connectivity index (χ3n) is 4.72. The van der Waals surface area contributed by atoms with Crippen molar-refractivity contribution in [3.05, 3.63) is 29.2 Å². The number of nitrogens with zero attached hydrogens (tertiary/aromatic N) is 4. The van der Waals surface area contributed by atoms with Gasteiger partial charge in [0.05, 0.1) is 5.69 Å². The molecule has 1 aliphatic rings. The number of aryl methyl sites for hydroxylation is 1. The van der Waals surface area contributed by atoms with E-state index in [0.717, 1.165) is 31.4 Å². The number of aromatic nitrogens is 3. The molecule has 0 aromatic carbocycles. The van der Waals surface area contributed by atoms with Crippen molar-refractivity contribution >= 4 is 5.91 Å². The molecular weight excluding hydrogens is 308 g/mol. The Labute approximate surface area is 141 Å². The van der Waals surface area contributed by atoms with Crippen molar-refractivity contribution in [2.45, 2.75) is 58.3 Å².